The molecule has 0 aliphatic carbocycles. The minimum atomic E-state index is -1.22. The predicted molar refractivity (Wildman–Crippen MR) is 63.0 cm³/mol. The van der Waals surface area contributed by atoms with Gasteiger partial charge in [-0.2, -0.15) is 0 Å². The van der Waals surface area contributed by atoms with Gasteiger partial charge in [0, 0.05) is 6.61 Å². The van der Waals surface area contributed by atoms with Crippen LogP contribution in [0.4, 0.5) is 0 Å². The summed E-state index contributed by atoms with van der Waals surface area (Å²) in [6.45, 7) is 2.46. The Morgan fingerprint density at radius 1 is 1.06 bits per heavy atom. The van der Waals surface area contributed by atoms with Crippen LogP contribution in [0.3, 0.4) is 0 Å². The smallest absolute Gasteiger partial charge is 0.333 e. The molecule has 0 aliphatic heterocycles. The highest BCUT2D eigenvalue weighted by Crippen LogP contribution is 2.07. The highest BCUT2D eigenvalue weighted by atomic mass is 16.5. The number of hydrogen-bond acceptors (Lipinski definition) is 3. The molecule has 0 aromatic carbocycles. The number of carboxylic acid groups (broad SMARTS) is 2. The molecule has 0 aliphatic rings. The number of unbranched alkanes of at least 4 members (excludes halogenated alkanes) is 5. The van der Waals surface area contributed by atoms with Crippen molar-refractivity contribution in [3.8, 4) is 0 Å². The zero-order valence-corrected chi connectivity index (χ0v) is 10.4. The summed E-state index contributed by atoms with van der Waals surface area (Å²) in [7, 11) is 0. The third-order valence-electron chi connectivity index (χ3n) is 2.45. The van der Waals surface area contributed by atoms with Crippen molar-refractivity contribution in [2.24, 2.45) is 0 Å². The molecule has 0 aromatic heterocycles. The van der Waals surface area contributed by atoms with Gasteiger partial charge >= 0.3 is 11.9 Å². The number of rotatable bonds is 11. The van der Waals surface area contributed by atoms with Crippen molar-refractivity contribution >= 4 is 11.9 Å². The van der Waals surface area contributed by atoms with Crippen LogP contribution in [0, 0.1) is 0 Å². The molecule has 100 valence electrons. The van der Waals surface area contributed by atoms with E-state index in [-0.39, 0.29) is 0 Å². The molecule has 0 saturated carbocycles. The van der Waals surface area contributed by atoms with Crippen LogP contribution < -0.4 is 0 Å². The minimum absolute atomic E-state index is 0.316. The predicted octanol–water partition coefficient (Wildman–Crippen LogP) is 2.29. The van der Waals surface area contributed by atoms with Crippen molar-refractivity contribution in [1.82, 2.24) is 0 Å². The first-order valence-electron chi connectivity index (χ1n) is 6.14. The number of aliphatic carboxylic acids is 2. The van der Waals surface area contributed by atoms with E-state index in [1.54, 1.807) is 0 Å². The van der Waals surface area contributed by atoms with Gasteiger partial charge in [-0.15, -0.1) is 0 Å². The molecule has 0 aromatic rings. The molecule has 17 heavy (non-hydrogen) atoms. The lowest BCUT2D eigenvalue weighted by molar-refractivity contribution is -0.156. The Bertz CT molecular complexity index is 227. The van der Waals surface area contributed by atoms with Gasteiger partial charge in [-0.05, 0) is 6.42 Å². The highest BCUT2D eigenvalue weighted by Gasteiger charge is 2.21. The molecule has 5 heteroatoms. The lowest BCUT2D eigenvalue weighted by Crippen LogP contribution is -2.27. The Hall–Kier alpha value is -1.10. The van der Waals surface area contributed by atoms with Gasteiger partial charge < -0.3 is 14.9 Å². The number of carbonyl (C=O) groups is 2. The maximum atomic E-state index is 10.7. The Morgan fingerprint density at radius 2 is 1.65 bits per heavy atom. The second-order valence-corrected chi connectivity index (χ2v) is 4.06. The molecular formula is C12H22O5. The monoisotopic (exact) mass is 246 g/mol. The van der Waals surface area contributed by atoms with Crippen molar-refractivity contribution < 1.29 is 24.5 Å². The van der Waals surface area contributed by atoms with Crippen LogP contribution in [-0.2, 0) is 14.3 Å². The number of carboxylic acids is 2. The van der Waals surface area contributed by atoms with Gasteiger partial charge in [0.1, 0.15) is 0 Å². The summed E-state index contributed by atoms with van der Waals surface area (Å²) in [5.41, 5.74) is 0. The normalized spacial score (nSPS) is 12.3. The van der Waals surface area contributed by atoms with Gasteiger partial charge in [-0.1, -0.05) is 39.0 Å². The van der Waals surface area contributed by atoms with Crippen LogP contribution in [0.5, 0.6) is 0 Å². The zero-order valence-electron chi connectivity index (χ0n) is 10.4. The van der Waals surface area contributed by atoms with E-state index in [2.05, 4.69) is 6.92 Å². The van der Waals surface area contributed by atoms with Crippen molar-refractivity contribution in [2.45, 2.75) is 58.0 Å². The fourth-order valence-electron chi connectivity index (χ4n) is 1.48. The molecule has 0 bridgehead atoms. The Balaban J connectivity index is 3.55. The molecule has 0 radical (unpaired) electrons. The van der Waals surface area contributed by atoms with Gasteiger partial charge in [0.05, 0.1) is 6.42 Å². The Kier molecular flexibility index (Phi) is 9.43. The fraction of sp³-hybridized carbons (Fsp3) is 0.833. The van der Waals surface area contributed by atoms with E-state index >= 15 is 0 Å². The summed E-state index contributed by atoms with van der Waals surface area (Å²) in [4.78, 5) is 21.0. The fourth-order valence-corrected chi connectivity index (χ4v) is 1.48. The lowest BCUT2D eigenvalue weighted by atomic mass is 10.1. The summed E-state index contributed by atoms with van der Waals surface area (Å²) < 4.78 is 5.04. The second-order valence-electron chi connectivity index (χ2n) is 4.06. The van der Waals surface area contributed by atoms with E-state index in [0.29, 0.717) is 6.61 Å². The first-order chi connectivity index (χ1) is 8.07. The first kappa shape index (κ1) is 15.9. The molecule has 5 nitrogen and oxygen atoms in total. The van der Waals surface area contributed by atoms with Crippen LogP contribution in [0.25, 0.3) is 0 Å². The van der Waals surface area contributed by atoms with Gasteiger partial charge in [0.15, 0.2) is 6.10 Å². The zero-order chi connectivity index (χ0) is 13.1. The molecule has 0 spiro atoms. The third-order valence-corrected chi connectivity index (χ3v) is 2.45. The summed E-state index contributed by atoms with van der Waals surface area (Å²) in [5.74, 6) is -2.36. The van der Waals surface area contributed by atoms with Gasteiger partial charge in [0.25, 0.3) is 0 Å². The van der Waals surface area contributed by atoms with E-state index in [1.165, 1.54) is 19.3 Å². The van der Waals surface area contributed by atoms with Crippen molar-refractivity contribution in [1.29, 1.82) is 0 Å². The van der Waals surface area contributed by atoms with Crippen LogP contribution >= 0.6 is 0 Å². The lowest BCUT2D eigenvalue weighted by Gasteiger charge is -2.11. The molecule has 1 atom stereocenters. The van der Waals surface area contributed by atoms with Crippen LogP contribution in [-0.4, -0.2) is 34.9 Å². The van der Waals surface area contributed by atoms with Crippen LogP contribution in [0.2, 0.25) is 0 Å². The Morgan fingerprint density at radius 3 is 2.18 bits per heavy atom. The quantitative estimate of drug-likeness (QED) is 0.546. The van der Waals surface area contributed by atoms with E-state index in [0.717, 1.165) is 19.3 Å². The molecule has 0 fully saturated rings. The maximum Gasteiger partial charge on any atom is 0.333 e. The number of hydrogen-bond donors (Lipinski definition) is 2. The Labute approximate surface area is 102 Å². The van der Waals surface area contributed by atoms with Crippen LogP contribution in [0.1, 0.15) is 51.9 Å². The maximum absolute atomic E-state index is 10.7. The van der Waals surface area contributed by atoms with Crippen LogP contribution in [0.15, 0.2) is 0 Å². The number of ether oxygens (including phenoxy) is 1. The molecule has 2 N–H and O–H groups in total. The van der Waals surface area contributed by atoms with Crippen molar-refractivity contribution in [2.75, 3.05) is 6.61 Å². The van der Waals surface area contributed by atoms with E-state index < -0.39 is 24.5 Å². The highest BCUT2D eigenvalue weighted by molar-refractivity contribution is 5.79. The topological polar surface area (TPSA) is 83.8 Å². The summed E-state index contributed by atoms with van der Waals surface area (Å²) >= 11 is 0. The average Bonchev–Trinajstić information content (AvgIpc) is 2.25. The van der Waals surface area contributed by atoms with Gasteiger partial charge in [-0.3, -0.25) is 4.79 Å². The van der Waals surface area contributed by atoms with Crippen molar-refractivity contribution in [3.63, 3.8) is 0 Å². The molecule has 0 heterocycles. The largest absolute Gasteiger partial charge is 0.481 e. The van der Waals surface area contributed by atoms with Crippen molar-refractivity contribution in [3.05, 3.63) is 0 Å². The molecular weight excluding hydrogens is 224 g/mol. The standard InChI is InChI=1S/C12H22O5/c1-2-3-4-5-6-7-8-17-10(12(15)16)9-11(13)14/h10H,2-9H2,1H3,(H,13,14)(H,15,16)/t10-/m0/s1. The van der Waals surface area contributed by atoms with Gasteiger partial charge in [-0.25, -0.2) is 4.79 Å². The summed E-state index contributed by atoms with van der Waals surface area (Å²) in [6.07, 6.45) is 4.80. The summed E-state index contributed by atoms with van der Waals surface area (Å²) in [6, 6.07) is 0. The minimum Gasteiger partial charge on any atom is -0.481 e. The molecule has 0 saturated heterocycles. The SMILES string of the molecule is CCCCCCCCO[C@@H](CC(=O)O)C(=O)O. The van der Waals surface area contributed by atoms with E-state index in [1.807, 2.05) is 0 Å². The molecule has 0 unspecified atom stereocenters. The first-order valence-corrected chi connectivity index (χ1v) is 6.14. The second kappa shape index (κ2) is 10.1. The average molecular weight is 246 g/mol. The molecule has 0 rings (SSSR count). The van der Waals surface area contributed by atoms with E-state index in [4.69, 9.17) is 14.9 Å². The van der Waals surface area contributed by atoms with Gasteiger partial charge in [0.2, 0.25) is 0 Å². The summed E-state index contributed by atoms with van der Waals surface area (Å²) in [5, 5.41) is 17.2. The molecule has 0 amide bonds. The van der Waals surface area contributed by atoms with E-state index in [9.17, 15) is 9.59 Å². The third kappa shape index (κ3) is 9.81.